The first-order chi connectivity index (χ1) is 13.7. The predicted octanol–water partition coefficient (Wildman–Crippen LogP) is 2.28. The number of aromatic nitrogens is 2. The molecule has 0 saturated carbocycles. The number of fused-ring (bicyclic) bond motifs is 1. The van der Waals surface area contributed by atoms with Crippen molar-refractivity contribution in [1.82, 2.24) is 14.5 Å². The molecule has 0 amide bonds. The van der Waals surface area contributed by atoms with Crippen LogP contribution in [-0.2, 0) is 22.6 Å². The van der Waals surface area contributed by atoms with E-state index in [2.05, 4.69) is 22.0 Å². The lowest BCUT2D eigenvalue weighted by molar-refractivity contribution is -0.159. The molecular formula is C21H27N3O4. The van der Waals surface area contributed by atoms with Crippen LogP contribution in [-0.4, -0.2) is 58.4 Å². The van der Waals surface area contributed by atoms with Gasteiger partial charge in [-0.15, -0.1) is 0 Å². The van der Waals surface area contributed by atoms with Crippen LogP contribution in [0.1, 0.15) is 18.4 Å². The summed E-state index contributed by atoms with van der Waals surface area (Å²) in [6, 6.07) is 8.10. The van der Waals surface area contributed by atoms with Crippen molar-refractivity contribution in [3.63, 3.8) is 0 Å². The number of nitrogens with zero attached hydrogens (tertiary/aromatic N) is 3. The molecule has 2 fully saturated rings. The van der Waals surface area contributed by atoms with Crippen molar-refractivity contribution < 1.29 is 19.4 Å². The number of rotatable bonds is 8. The van der Waals surface area contributed by atoms with Gasteiger partial charge in [-0.1, -0.05) is 12.1 Å². The van der Waals surface area contributed by atoms with Gasteiger partial charge in [0.15, 0.2) is 0 Å². The summed E-state index contributed by atoms with van der Waals surface area (Å²) in [4.78, 5) is 18.2. The number of hydrogen-bond donors (Lipinski definition) is 1. The number of carboxylic acids is 1. The van der Waals surface area contributed by atoms with E-state index in [1.807, 2.05) is 29.2 Å². The number of aliphatic carboxylic acids is 1. The van der Waals surface area contributed by atoms with Crippen LogP contribution < -0.4 is 4.74 Å². The summed E-state index contributed by atoms with van der Waals surface area (Å²) in [5.41, 5.74) is 0.395. The lowest BCUT2D eigenvalue weighted by atomic mass is 9.76. The number of carbonyl (C=O) groups is 1. The van der Waals surface area contributed by atoms with Gasteiger partial charge in [0.2, 0.25) is 0 Å². The maximum Gasteiger partial charge on any atom is 0.313 e. The van der Waals surface area contributed by atoms with Crippen molar-refractivity contribution in [2.24, 2.45) is 11.3 Å². The zero-order chi connectivity index (χ0) is 19.4. The average molecular weight is 385 g/mol. The topological polar surface area (TPSA) is 76.8 Å². The molecule has 1 aromatic heterocycles. The number of benzene rings is 1. The first-order valence-electron chi connectivity index (χ1n) is 9.87. The monoisotopic (exact) mass is 385 g/mol. The Balaban J connectivity index is 1.31. The highest BCUT2D eigenvalue weighted by molar-refractivity contribution is 5.76. The highest BCUT2D eigenvalue weighted by atomic mass is 16.5. The van der Waals surface area contributed by atoms with Gasteiger partial charge in [0.25, 0.3) is 0 Å². The van der Waals surface area contributed by atoms with Crippen LogP contribution in [0.3, 0.4) is 0 Å². The van der Waals surface area contributed by atoms with E-state index >= 15 is 0 Å². The SMILES string of the molecule is O=C(O)[C@]12COCC[C@H]1CN(Cc1cccc(OCCCn3ccnc3)c1)C2. The fourth-order valence-electron chi connectivity index (χ4n) is 4.36. The molecule has 0 bridgehead atoms. The Labute approximate surface area is 164 Å². The zero-order valence-corrected chi connectivity index (χ0v) is 16.0. The molecule has 2 aliphatic rings. The molecule has 0 unspecified atom stereocenters. The number of hydrogen-bond acceptors (Lipinski definition) is 5. The van der Waals surface area contributed by atoms with E-state index in [1.165, 1.54) is 0 Å². The first kappa shape index (κ1) is 19.0. The minimum atomic E-state index is -0.750. The smallest absolute Gasteiger partial charge is 0.313 e. The molecule has 1 N–H and O–H groups in total. The first-order valence-corrected chi connectivity index (χ1v) is 9.87. The highest BCUT2D eigenvalue weighted by Gasteiger charge is 2.53. The largest absolute Gasteiger partial charge is 0.494 e. The molecule has 2 saturated heterocycles. The third kappa shape index (κ3) is 4.05. The lowest BCUT2D eigenvalue weighted by Crippen LogP contribution is -2.46. The van der Waals surface area contributed by atoms with Gasteiger partial charge in [0.05, 0.1) is 19.5 Å². The van der Waals surface area contributed by atoms with Crippen LogP contribution in [0, 0.1) is 11.3 Å². The maximum atomic E-state index is 11.9. The van der Waals surface area contributed by atoms with Crippen molar-refractivity contribution in [2.75, 3.05) is 32.9 Å². The van der Waals surface area contributed by atoms with Crippen LogP contribution in [0.4, 0.5) is 0 Å². The van der Waals surface area contributed by atoms with E-state index < -0.39 is 11.4 Å². The molecule has 2 aromatic rings. The quantitative estimate of drug-likeness (QED) is 0.703. The van der Waals surface area contributed by atoms with E-state index in [4.69, 9.17) is 9.47 Å². The lowest BCUT2D eigenvalue weighted by Gasteiger charge is -2.34. The second-order valence-corrected chi connectivity index (χ2v) is 7.82. The Morgan fingerprint density at radius 1 is 1.43 bits per heavy atom. The summed E-state index contributed by atoms with van der Waals surface area (Å²) >= 11 is 0. The molecular weight excluding hydrogens is 358 g/mol. The second kappa shape index (κ2) is 8.32. The molecule has 2 atom stereocenters. The van der Waals surface area contributed by atoms with Gasteiger partial charge in [0, 0.05) is 45.2 Å². The molecule has 7 nitrogen and oxygen atoms in total. The van der Waals surface area contributed by atoms with Gasteiger partial charge >= 0.3 is 5.97 Å². The van der Waals surface area contributed by atoms with Gasteiger partial charge in [0.1, 0.15) is 11.2 Å². The predicted molar refractivity (Wildman–Crippen MR) is 103 cm³/mol. The van der Waals surface area contributed by atoms with Gasteiger partial charge in [-0.3, -0.25) is 9.69 Å². The van der Waals surface area contributed by atoms with Crippen molar-refractivity contribution in [3.05, 3.63) is 48.5 Å². The third-order valence-corrected chi connectivity index (χ3v) is 5.86. The Hall–Kier alpha value is -2.38. The molecule has 0 radical (unpaired) electrons. The molecule has 0 aliphatic carbocycles. The molecule has 4 rings (SSSR count). The normalized spacial score (nSPS) is 24.8. The summed E-state index contributed by atoms with van der Waals surface area (Å²) in [7, 11) is 0. The Kier molecular flexibility index (Phi) is 5.64. The van der Waals surface area contributed by atoms with E-state index in [0.717, 1.165) is 43.8 Å². The van der Waals surface area contributed by atoms with Crippen LogP contribution in [0.5, 0.6) is 5.75 Å². The van der Waals surface area contributed by atoms with E-state index in [-0.39, 0.29) is 5.92 Å². The standard InChI is InChI=1S/C21H27N3O4/c25-20(26)21-14-24(13-18(21)5-10-27-15-21)12-17-3-1-4-19(11-17)28-9-2-7-23-8-6-22-16-23/h1,3-4,6,8,11,16,18H,2,5,7,9-10,12-15H2,(H,25,26)/t18-,21+/m0/s1. The number of likely N-dealkylation sites (tertiary alicyclic amines) is 1. The van der Waals surface area contributed by atoms with Crippen molar-refractivity contribution in [1.29, 1.82) is 0 Å². The number of ether oxygens (including phenoxy) is 2. The summed E-state index contributed by atoms with van der Waals surface area (Å²) in [6.45, 7) is 4.60. The van der Waals surface area contributed by atoms with Crippen molar-refractivity contribution in [3.8, 4) is 5.75 Å². The van der Waals surface area contributed by atoms with Gasteiger partial charge in [-0.2, -0.15) is 0 Å². The summed E-state index contributed by atoms with van der Waals surface area (Å²) in [6.07, 6.45) is 7.27. The maximum absolute atomic E-state index is 11.9. The molecule has 2 aliphatic heterocycles. The zero-order valence-electron chi connectivity index (χ0n) is 16.0. The van der Waals surface area contributed by atoms with E-state index in [0.29, 0.717) is 26.4 Å². The molecule has 0 spiro atoms. The van der Waals surface area contributed by atoms with Gasteiger partial charge < -0.3 is 19.1 Å². The van der Waals surface area contributed by atoms with E-state index in [1.54, 1.807) is 6.20 Å². The van der Waals surface area contributed by atoms with Gasteiger partial charge in [-0.05, 0) is 36.5 Å². The minimum absolute atomic E-state index is 0.168. The summed E-state index contributed by atoms with van der Waals surface area (Å²) < 4.78 is 13.4. The molecule has 150 valence electrons. The fraction of sp³-hybridized carbons (Fsp3) is 0.524. The minimum Gasteiger partial charge on any atom is -0.494 e. The van der Waals surface area contributed by atoms with Crippen LogP contribution in [0.15, 0.2) is 43.0 Å². The van der Waals surface area contributed by atoms with Crippen LogP contribution >= 0.6 is 0 Å². The number of aryl methyl sites for hydroxylation is 1. The van der Waals surface area contributed by atoms with Crippen LogP contribution in [0.25, 0.3) is 0 Å². The van der Waals surface area contributed by atoms with Crippen LogP contribution in [0.2, 0.25) is 0 Å². The third-order valence-electron chi connectivity index (χ3n) is 5.86. The number of carboxylic acid groups (broad SMARTS) is 1. The molecule has 28 heavy (non-hydrogen) atoms. The highest BCUT2D eigenvalue weighted by Crippen LogP contribution is 2.42. The van der Waals surface area contributed by atoms with Gasteiger partial charge in [-0.25, -0.2) is 4.98 Å². The molecule has 1 aromatic carbocycles. The Morgan fingerprint density at radius 2 is 2.36 bits per heavy atom. The van der Waals surface area contributed by atoms with Crippen molar-refractivity contribution in [2.45, 2.75) is 25.9 Å². The fourth-order valence-corrected chi connectivity index (χ4v) is 4.36. The summed E-state index contributed by atoms with van der Waals surface area (Å²) in [5.74, 6) is 0.298. The Morgan fingerprint density at radius 3 is 3.14 bits per heavy atom. The Bertz CT molecular complexity index is 795. The van der Waals surface area contributed by atoms with E-state index in [9.17, 15) is 9.90 Å². The molecule has 7 heteroatoms. The summed E-state index contributed by atoms with van der Waals surface area (Å²) in [5, 5.41) is 9.78. The molecule has 3 heterocycles. The second-order valence-electron chi connectivity index (χ2n) is 7.82. The average Bonchev–Trinajstić information content (AvgIpc) is 3.33. The van der Waals surface area contributed by atoms with Crippen molar-refractivity contribution >= 4 is 5.97 Å². The number of imidazole rings is 1.